The smallest absolute Gasteiger partial charge is 0.272 e. The Labute approximate surface area is 172 Å². The Hall–Kier alpha value is -1.87. The minimum atomic E-state index is -0.00728. The molecule has 0 radical (unpaired) electrons. The van der Waals surface area contributed by atoms with Gasteiger partial charge in [0.15, 0.2) is 5.13 Å². The van der Waals surface area contributed by atoms with Crippen molar-refractivity contribution in [1.82, 2.24) is 14.9 Å². The van der Waals surface area contributed by atoms with Gasteiger partial charge in [0.1, 0.15) is 4.88 Å². The van der Waals surface area contributed by atoms with E-state index in [0.717, 1.165) is 58.9 Å². The van der Waals surface area contributed by atoms with Gasteiger partial charge in [0, 0.05) is 26.2 Å². The third-order valence-corrected chi connectivity index (χ3v) is 6.95. The lowest BCUT2D eigenvalue weighted by atomic mass is 10.2. The number of hydrogen-bond acceptors (Lipinski definition) is 7. The highest BCUT2D eigenvalue weighted by Gasteiger charge is 2.25. The quantitative estimate of drug-likeness (QED) is 0.635. The lowest BCUT2D eigenvalue weighted by Gasteiger charge is -2.29. The molecule has 0 bridgehead atoms. The van der Waals surface area contributed by atoms with Gasteiger partial charge in [-0.25, -0.2) is 9.97 Å². The first kappa shape index (κ1) is 19.4. The molecule has 2 aromatic heterocycles. The number of aromatic nitrogens is 2. The molecule has 0 N–H and O–H groups in total. The molecule has 1 aliphatic heterocycles. The van der Waals surface area contributed by atoms with Gasteiger partial charge in [-0.2, -0.15) is 0 Å². The summed E-state index contributed by atoms with van der Waals surface area (Å²) in [5.41, 5.74) is 2.93. The maximum Gasteiger partial charge on any atom is 0.272 e. The summed E-state index contributed by atoms with van der Waals surface area (Å²) >= 11 is 3.03. The van der Waals surface area contributed by atoms with E-state index in [1.165, 1.54) is 16.9 Å². The van der Waals surface area contributed by atoms with E-state index >= 15 is 0 Å². The summed E-state index contributed by atoms with van der Waals surface area (Å²) in [7, 11) is 0. The Balaban J connectivity index is 1.64. The minimum absolute atomic E-state index is 0.00728. The number of aryl methyl sites for hydroxylation is 3. The fraction of sp³-hybridized carbons (Fsp3) is 0.450. The predicted octanol–water partition coefficient (Wildman–Crippen LogP) is 3.66. The van der Waals surface area contributed by atoms with Gasteiger partial charge in [-0.15, -0.1) is 11.3 Å². The zero-order chi connectivity index (χ0) is 19.7. The molecule has 1 aliphatic rings. The van der Waals surface area contributed by atoms with Crippen LogP contribution in [0.4, 0.5) is 5.13 Å². The van der Waals surface area contributed by atoms with Crippen molar-refractivity contribution in [2.45, 2.75) is 20.8 Å². The Morgan fingerprint density at radius 2 is 1.96 bits per heavy atom. The normalized spacial score (nSPS) is 15.2. The zero-order valence-electron chi connectivity index (χ0n) is 16.4. The van der Waals surface area contributed by atoms with Crippen molar-refractivity contribution in [2.24, 2.45) is 0 Å². The first-order valence-electron chi connectivity index (χ1n) is 9.44. The zero-order valence-corrected chi connectivity index (χ0v) is 18.0. The lowest BCUT2D eigenvalue weighted by molar-refractivity contribution is 0.0391. The number of benzene rings is 1. The number of anilines is 1. The number of rotatable bonds is 5. The van der Waals surface area contributed by atoms with Crippen LogP contribution in [0.5, 0.6) is 0 Å². The van der Waals surface area contributed by atoms with Crippen molar-refractivity contribution < 1.29 is 9.53 Å². The molecular weight excluding hydrogens is 392 g/mol. The summed E-state index contributed by atoms with van der Waals surface area (Å²) in [5.74, 6) is -0.00728. The second-order valence-electron chi connectivity index (χ2n) is 7.03. The van der Waals surface area contributed by atoms with Crippen LogP contribution in [0.2, 0.25) is 0 Å². The van der Waals surface area contributed by atoms with E-state index in [4.69, 9.17) is 9.72 Å². The van der Waals surface area contributed by atoms with Gasteiger partial charge in [0.2, 0.25) is 0 Å². The number of amides is 1. The molecule has 6 nitrogen and oxygen atoms in total. The highest BCUT2D eigenvalue weighted by atomic mass is 32.1. The third kappa shape index (κ3) is 4.10. The molecular formula is C20H24N4O2S2. The van der Waals surface area contributed by atoms with Gasteiger partial charge < -0.3 is 4.74 Å². The molecule has 148 valence electrons. The molecule has 3 aromatic rings. The summed E-state index contributed by atoms with van der Waals surface area (Å²) in [6.07, 6.45) is 0. The van der Waals surface area contributed by atoms with Crippen molar-refractivity contribution in [3.05, 3.63) is 39.3 Å². The van der Waals surface area contributed by atoms with Crippen LogP contribution in [0.15, 0.2) is 18.2 Å². The molecule has 1 aromatic carbocycles. The summed E-state index contributed by atoms with van der Waals surface area (Å²) in [4.78, 5) is 27.5. The Morgan fingerprint density at radius 1 is 1.18 bits per heavy atom. The second-order valence-corrected chi connectivity index (χ2v) is 9.24. The molecule has 0 saturated carbocycles. The van der Waals surface area contributed by atoms with Crippen LogP contribution in [0.25, 0.3) is 10.2 Å². The van der Waals surface area contributed by atoms with E-state index in [9.17, 15) is 4.79 Å². The summed E-state index contributed by atoms with van der Waals surface area (Å²) in [6, 6.07) is 6.21. The van der Waals surface area contributed by atoms with Gasteiger partial charge in [-0.1, -0.05) is 17.4 Å². The molecule has 0 unspecified atom stereocenters. The average Bonchev–Trinajstić information content (AvgIpc) is 3.24. The van der Waals surface area contributed by atoms with Gasteiger partial charge in [0.25, 0.3) is 5.91 Å². The number of hydrogen-bond donors (Lipinski definition) is 0. The van der Waals surface area contributed by atoms with E-state index < -0.39 is 0 Å². The molecule has 3 heterocycles. The van der Waals surface area contributed by atoms with Crippen LogP contribution in [-0.2, 0) is 4.74 Å². The maximum absolute atomic E-state index is 13.4. The van der Waals surface area contributed by atoms with E-state index in [1.807, 2.05) is 24.8 Å². The molecule has 28 heavy (non-hydrogen) atoms. The van der Waals surface area contributed by atoms with Gasteiger partial charge >= 0.3 is 0 Å². The van der Waals surface area contributed by atoms with Crippen molar-refractivity contribution in [1.29, 1.82) is 0 Å². The van der Waals surface area contributed by atoms with Crippen LogP contribution in [-0.4, -0.2) is 60.2 Å². The van der Waals surface area contributed by atoms with Crippen LogP contribution >= 0.6 is 22.7 Å². The molecule has 0 aliphatic carbocycles. The number of thiazole rings is 2. The van der Waals surface area contributed by atoms with E-state index in [1.54, 1.807) is 11.3 Å². The van der Waals surface area contributed by atoms with Gasteiger partial charge in [-0.05, 0) is 38.5 Å². The van der Waals surface area contributed by atoms with Crippen LogP contribution in [0.1, 0.15) is 25.9 Å². The van der Waals surface area contributed by atoms with Crippen molar-refractivity contribution in [2.75, 3.05) is 44.3 Å². The van der Waals surface area contributed by atoms with Crippen molar-refractivity contribution >= 4 is 43.9 Å². The summed E-state index contributed by atoms with van der Waals surface area (Å²) in [6.45, 7) is 10.6. The van der Waals surface area contributed by atoms with E-state index in [0.29, 0.717) is 11.4 Å². The topological polar surface area (TPSA) is 58.6 Å². The second kappa shape index (κ2) is 8.24. The number of carbonyl (C=O) groups excluding carboxylic acids is 1. The van der Waals surface area contributed by atoms with E-state index in [-0.39, 0.29) is 5.91 Å². The highest BCUT2D eigenvalue weighted by Crippen LogP contribution is 2.31. The minimum Gasteiger partial charge on any atom is -0.379 e. The van der Waals surface area contributed by atoms with Crippen LogP contribution < -0.4 is 4.90 Å². The molecule has 0 spiro atoms. The number of morpholine rings is 1. The molecule has 0 atom stereocenters. The number of carbonyl (C=O) groups is 1. The van der Waals surface area contributed by atoms with Crippen molar-refractivity contribution in [3.8, 4) is 0 Å². The Morgan fingerprint density at radius 3 is 2.68 bits per heavy atom. The first-order valence-corrected chi connectivity index (χ1v) is 11.1. The molecule has 1 saturated heterocycles. The maximum atomic E-state index is 13.4. The SMILES string of the molecule is Cc1ccc2nc(N(CCN3CCOCC3)C(=O)c3sc(C)nc3C)sc2c1. The monoisotopic (exact) mass is 416 g/mol. The Bertz CT molecular complexity index is 991. The molecule has 4 rings (SSSR count). The van der Waals surface area contributed by atoms with E-state index in [2.05, 4.69) is 28.9 Å². The standard InChI is InChI=1S/C20H24N4O2S2/c1-13-4-5-16-17(12-13)28-20(22-16)24(7-6-23-8-10-26-11-9-23)19(25)18-14(2)21-15(3)27-18/h4-5,12H,6-11H2,1-3H3. The Kier molecular flexibility index (Phi) is 5.73. The molecule has 8 heteroatoms. The van der Waals surface area contributed by atoms with Gasteiger partial charge in [-0.3, -0.25) is 14.6 Å². The largest absolute Gasteiger partial charge is 0.379 e. The van der Waals surface area contributed by atoms with Crippen LogP contribution in [0.3, 0.4) is 0 Å². The predicted molar refractivity (Wildman–Crippen MR) is 115 cm³/mol. The number of fused-ring (bicyclic) bond motifs is 1. The summed E-state index contributed by atoms with van der Waals surface area (Å²) in [5, 5.41) is 1.67. The summed E-state index contributed by atoms with van der Waals surface area (Å²) < 4.78 is 6.55. The number of ether oxygens (including phenoxy) is 1. The lowest BCUT2D eigenvalue weighted by Crippen LogP contribution is -2.43. The fourth-order valence-corrected chi connectivity index (χ4v) is 5.29. The fourth-order valence-electron chi connectivity index (χ4n) is 3.34. The average molecular weight is 417 g/mol. The number of nitrogens with zero attached hydrogens (tertiary/aromatic N) is 4. The first-order chi connectivity index (χ1) is 13.5. The highest BCUT2D eigenvalue weighted by molar-refractivity contribution is 7.22. The van der Waals surface area contributed by atoms with Gasteiger partial charge in [0.05, 0.1) is 34.1 Å². The van der Waals surface area contributed by atoms with Crippen molar-refractivity contribution in [3.63, 3.8) is 0 Å². The third-order valence-electron chi connectivity index (χ3n) is 4.85. The molecule has 1 amide bonds. The molecule has 1 fully saturated rings. The van der Waals surface area contributed by atoms with Crippen LogP contribution in [0, 0.1) is 20.8 Å².